The number of aliphatic hydroxyl groups is 1. The Bertz CT molecular complexity index is 135. The number of hydrogen-bond acceptors (Lipinski definition) is 3. The highest BCUT2D eigenvalue weighted by molar-refractivity contribution is 5.91. The van der Waals surface area contributed by atoms with Gasteiger partial charge in [-0.15, -0.1) is 0 Å². The lowest BCUT2D eigenvalue weighted by atomic mass is 10.3. The zero-order valence-corrected chi connectivity index (χ0v) is 4.51. The van der Waals surface area contributed by atoms with Crippen molar-refractivity contribution >= 4 is 5.91 Å². The quantitative estimate of drug-likeness (QED) is 0.310. The van der Waals surface area contributed by atoms with Crippen LogP contribution >= 0.6 is 0 Å². The molecule has 0 aliphatic rings. The van der Waals surface area contributed by atoms with Crippen molar-refractivity contribution in [2.75, 3.05) is 0 Å². The molecule has 0 saturated carbocycles. The molecule has 0 rings (SSSR count). The second-order valence-electron chi connectivity index (χ2n) is 1.37. The van der Waals surface area contributed by atoms with Crippen molar-refractivity contribution in [2.24, 2.45) is 11.5 Å². The van der Waals surface area contributed by atoms with Crippen LogP contribution in [0.3, 0.4) is 0 Å². The van der Waals surface area contributed by atoms with E-state index in [1.165, 1.54) is 6.92 Å². The summed E-state index contributed by atoms with van der Waals surface area (Å²) in [6.45, 7) is 1.34. The molecule has 0 unspecified atom stereocenters. The van der Waals surface area contributed by atoms with Crippen LogP contribution in [-0.2, 0) is 4.79 Å². The molecule has 0 aliphatic heterocycles. The van der Waals surface area contributed by atoms with E-state index in [4.69, 9.17) is 16.6 Å². The van der Waals surface area contributed by atoms with Crippen molar-refractivity contribution in [3.05, 3.63) is 11.5 Å². The summed E-state index contributed by atoms with van der Waals surface area (Å²) in [6, 6.07) is 0. The zero-order chi connectivity index (χ0) is 6.73. The van der Waals surface area contributed by atoms with Crippen molar-refractivity contribution in [3.63, 3.8) is 0 Å². The lowest BCUT2D eigenvalue weighted by molar-refractivity contribution is -0.114. The molecule has 4 heteroatoms. The van der Waals surface area contributed by atoms with Gasteiger partial charge in [0, 0.05) is 0 Å². The molecule has 0 saturated heterocycles. The van der Waals surface area contributed by atoms with Gasteiger partial charge in [0.05, 0.1) is 5.57 Å². The van der Waals surface area contributed by atoms with Crippen LogP contribution in [0.2, 0.25) is 0 Å². The van der Waals surface area contributed by atoms with Crippen molar-refractivity contribution in [1.82, 2.24) is 0 Å². The average Bonchev–Trinajstić information content (AvgIpc) is 1.64. The Morgan fingerprint density at radius 1 is 1.50 bits per heavy atom. The highest BCUT2D eigenvalue weighted by Crippen LogP contribution is 1.90. The van der Waals surface area contributed by atoms with Gasteiger partial charge < -0.3 is 16.6 Å². The Balaban J connectivity index is 4.23. The molecule has 0 aromatic carbocycles. The maximum atomic E-state index is 10.1. The molecule has 0 fully saturated rings. The van der Waals surface area contributed by atoms with Crippen LogP contribution < -0.4 is 11.5 Å². The highest BCUT2D eigenvalue weighted by Gasteiger charge is 1.99. The van der Waals surface area contributed by atoms with E-state index in [-0.39, 0.29) is 5.57 Å². The zero-order valence-electron chi connectivity index (χ0n) is 4.51. The van der Waals surface area contributed by atoms with Crippen molar-refractivity contribution in [3.8, 4) is 0 Å². The largest absolute Gasteiger partial charge is 0.495 e. The van der Waals surface area contributed by atoms with Gasteiger partial charge >= 0.3 is 0 Å². The van der Waals surface area contributed by atoms with Gasteiger partial charge in [0.15, 0.2) is 5.88 Å². The van der Waals surface area contributed by atoms with E-state index in [2.05, 4.69) is 0 Å². The van der Waals surface area contributed by atoms with Crippen LogP contribution in [0.1, 0.15) is 6.92 Å². The molecule has 0 bridgehead atoms. The molecule has 0 aliphatic carbocycles. The fourth-order valence-corrected chi connectivity index (χ4v) is 0.126. The van der Waals surface area contributed by atoms with Gasteiger partial charge in [0.2, 0.25) is 5.91 Å². The number of primary amides is 1. The summed E-state index contributed by atoms with van der Waals surface area (Å²) in [5, 5.41) is 8.35. The Kier molecular flexibility index (Phi) is 1.88. The number of carbonyl (C=O) groups is 1. The fourth-order valence-electron chi connectivity index (χ4n) is 0.126. The van der Waals surface area contributed by atoms with Crippen LogP contribution in [0.4, 0.5) is 0 Å². The third-order valence-electron chi connectivity index (χ3n) is 0.754. The predicted molar refractivity (Wildman–Crippen MR) is 28.7 cm³/mol. The van der Waals surface area contributed by atoms with Crippen LogP contribution in [0, 0.1) is 0 Å². The molecule has 1 amide bonds. The number of rotatable bonds is 1. The molecular weight excluding hydrogens is 108 g/mol. The first-order chi connectivity index (χ1) is 3.55. The number of carbonyl (C=O) groups excluding carboxylic acids is 1. The van der Waals surface area contributed by atoms with Crippen LogP contribution in [-0.4, -0.2) is 11.0 Å². The number of hydrogen-bond donors (Lipinski definition) is 3. The lowest BCUT2D eigenvalue weighted by Crippen LogP contribution is -2.16. The van der Waals surface area contributed by atoms with Crippen molar-refractivity contribution < 1.29 is 9.90 Å². The number of nitrogens with two attached hydrogens (primary N) is 2. The van der Waals surface area contributed by atoms with Gasteiger partial charge in [-0.25, -0.2) is 0 Å². The van der Waals surface area contributed by atoms with E-state index in [9.17, 15) is 4.79 Å². The SMILES string of the molecule is CC(C(N)=O)=C(N)O. The van der Waals surface area contributed by atoms with Crippen LogP contribution in [0.5, 0.6) is 0 Å². The number of amides is 1. The minimum Gasteiger partial charge on any atom is -0.495 e. The van der Waals surface area contributed by atoms with E-state index >= 15 is 0 Å². The summed E-state index contributed by atoms with van der Waals surface area (Å²) < 4.78 is 0. The lowest BCUT2D eigenvalue weighted by Gasteiger charge is -1.92. The molecule has 0 radical (unpaired) electrons. The normalized spacial score (nSPS) is 12.6. The Hall–Kier alpha value is -1.19. The van der Waals surface area contributed by atoms with Crippen molar-refractivity contribution in [1.29, 1.82) is 0 Å². The summed E-state index contributed by atoms with van der Waals surface area (Å²) in [7, 11) is 0. The van der Waals surface area contributed by atoms with Gasteiger partial charge in [-0.1, -0.05) is 0 Å². The average molecular weight is 116 g/mol. The third-order valence-corrected chi connectivity index (χ3v) is 0.754. The minimum absolute atomic E-state index is 0.00926. The predicted octanol–water partition coefficient (Wildman–Crippen LogP) is -0.780. The Labute approximate surface area is 46.8 Å². The standard InChI is InChI=1S/C4H8N2O2/c1-2(3(5)7)4(6)8/h7H,5H2,1H3,(H2,6,8). The summed E-state index contributed by atoms with van der Waals surface area (Å²) in [5.74, 6) is -1.22. The summed E-state index contributed by atoms with van der Waals surface area (Å²) in [6.07, 6.45) is 0. The Morgan fingerprint density at radius 3 is 1.88 bits per heavy atom. The first kappa shape index (κ1) is 6.81. The molecule has 5 N–H and O–H groups in total. The van der Waals surface area contributed by atoms with Gasteiger partial charge in [-0.3, -0.25) is 4.79 Å². The van der Waals surface area contributed by atoms with Crippen LogP contribution in [0.15, 0.2) is 11.5 Å². The molecule has 0 atom stereocenters. The second-order valence-corrected chi connectivity index (χ2v) is 1.37. The summed E-state index contributed by atoms with van der Waals surface area (Å²) in [5.41, 5.74) is 9.46. The molecule has 46 valence electrons. The summed E-state index contributed by atoms with van der Waals surface area (Å²) >= 11 is 0. The topological polar surface area (TPSA) is 89.3 Å². The maximum Gasteiger partial charge on any atom is 0.249 e. The first-order valence-corrected chi connectivity index (χ1v) is 2.01. The van der Waals surface area contributed by atoms with E-state index in [1.807, 2.05) is 0 Å². The monoisotopic (exact) mass is 116 g/mol. The smallest absolute Gasteiger partial charge is 0.249 e. The number of aliphatic hydroxyl groups excluding tert-OH is 1. The highest BCUT2D eigenvalue weighted by atomic mass is 16.3. The summed E-state index contributed by atoms with van der Waals surface area (Å²) in [4.78, 5) is 10.1. The molecule has 8 heavy (non-hydrogen) atoms. The molecule has 0 aromatic heterocycles. The van der Waals surface area contributed by atoms with Crippen molar-refractivity contribution in [2.45, 2.75) is 6.92 Å². The van der Waals surface area contributed by atoms with E-state index in [1.54, 1.807) is 0 Å². The Morgan fingerprint density at radius 2 is 1.88 bits per heavy atom. The maximum absolute atomic E-state index is 10.1. The first-order valence-electron chi connectivity index (χ1n) is 2.01. The second kappa shape index (κ2) is 2.20. The van der Waals surface area contributed by atoms with Gasteiger partial charge in [0.25, 0.3) is 0 Å². The van der Waals surface area contributed by atoms with Crippen LogP contribution in [0.25, 0.3) is 0 Å². The van der Waals surface area contributed by atoms with E-state index in [0.29, 0.717) is 0 Å². The molecule has 0 spiro atoms. The molecular formula is C4H8N2O2. The molecule has 0 aromatic rings. The van der Waals surface area contributed by atoms with Gasteiger partial charge in [0.1, 0.15) is 0 Å². The molecule has 0 heterocycles. The third kappa shape index (κ3) is 1.51. The van der Waals surface area contributed by atoms with Gasteiger partial charge in [-0.2, -0.15) is 0 Å². The molecule has 4 nitrogen and oxygen atoms in total. The minimum atomic E-state index is -0.704. The van der Waals surface area contributed by atoms with E-state index < -0.39 is 11.8 Å². The fraction of sp³-hybridized carbons (Fsp3) is 0.250. The van der Waals surface area contributed by atoms with Gasteiger partial charge in [-0.05, 0) is 6.92 Å². The van der Waals surface area contributed by atoms with E-state index in [0.717, 1.165) is 0 Å².